The highest BCUT2D eigenvalue weighted by molar-refractivity contribution is 9.10. The minimum Gasteiger partial charge on any atom is -0.483 e. The fourth-order valence-corrected chi connectivity index (χ4v) is 4.92. The van der Waals surface area contributed by atoms with Crippen LogP contribution in [0.25, 0.3) is 0 Å². The van der Waals surface area contributed by atoms with E-state index in [-0.39, 0.29) is 24.0 Å². The molecule has 0 radical (unpaired) electrons. The average Bonchev–Trinajstić information content (AvgIpc) is 2.84. The third-order valence-corrected chi connectivity index (χ3v) is 6.86. The van der Waals surface area contributed by atoms with Crippen LogP contribution < -0.4 is 4.74 Å². The Labute approximate surface area is 211 Å². The Morgan fingerprint density at radius 1 is 0.882 bits per heavy atom. The molecule has 1 aliphatic heterocycles. The van der Waals surface area contributed by atoms with Crippen LogP contribution in [0, 0.1) is 0 Å². The minimum absolute atomic E-state index is 0.0402. The summed E-state index contributed by atoms with van der Waals surface area (Å²) < 4.78 is 7.03. The van der Waals surface area contributed by atoms with Crippen LogP contribution in [-0.4, -0.2) is 48.5 Å². The number of hydrogen-bond donors (Lipinski definition) is 0. The van der Waals surface area contributed by atoms with Gasteiger partial charge >= 0.3 is 0 Å². The van der Waals surface area contributed by atoms with E-state index in [4.69, 9.17) is 4.74 Å². The topological polar surface area (TPSA) is 32.8 Å². The molecule has 3 aromatic rings. The molecule has 0 spiro atoms. The highest BCUT2D eigenvalue weighted by Gasteiger charge is 2.28. The average molecular weight is 521 g/mol. The van der Waals surface area contributed by atoms with E-state index in [1.807, 2.05) is 17.0 Å². The van der Waals surface area contributed by atoms with E-state index in [0.29, 0.717) is 13.1 Å². The van der Waals surface area contributed by atoms with E-state index in [1.165, 1.54) is 11.1 Å². The molecule has 178 valence electrons. The van der Waals surface area contributed by atoms with Gasteiger partial charge in [-0.05, 0) is 34.7 Å². The largest absolute Gasteiger partial charge is 0.483 e. The second-order valence-electron chi connectivity index (χ2n) is 9.82. The maximum Gasteiger partial charge on any atom is 0.260 e. The summed E-state index contributed by atoms with van der Waals surface area (Å²) in [4.78, 5) is 17.4. The third-order valence-electron chi connectivity index (χ3n) is 6.36. The van der Waals surface area contributed by atoms with E-state index < -0.39 is 0 Å². The molecular formula is C29H33BrN2O2. The summed E-state index contributed by atoms with van der Waals surface area (Å²) in [6.07, 6.45) is 0. The second kappa shape index (κ2) is 10.7. The highest BCUT2D eigenvalue weighted by atomic mass is 79.9. The molecule has 1 amide bonds. The van der Waals surface area contributed by atoms with Gasteiger partial charge in [0.1, 0.15) is 5.75 Å². The van der Waals surface area contributed by atoms with Gasteiger partial charge in [-0.25, -0.2) is 0 Å². The molecule has 1 fully saturated rings. The molecule has 0 aromatic heterocycles. The van der Waals surface area contributed by atoms with Crippen molar-refractivity contribution in [1.82, 2.24) is 9.80 Å². The summed E-state index contributed by atoms with van der Waals surface area (Å²) in [6, 6.07) is 27.4. The van der Waals surface area contributed by atoms with Gasteiger partial charge in [-0.15, -0.1) is 0 Å². The first-order valence-corrected chi connectivity index (χ1v) is 12.7. The summed E-state index contributed by atoms with van der Waals surface area (Å²) in [5.41, 5.74) is 3.58. The lowest BCUT2D eigenvalue weighted by Crippen LogP contribution is -2.51. The van der Waals surface area contributed by atoms with E-state index >= 15 is 0 Å². The summed E-state index contributed by atoms with van der Waals surface area (Å²) in [7, 11) is 0. The van der Waals surface area contributed by atoms with Crippen LogP contribution in [-0.2, 0) is 10.2 Å². The summed E-state index contributed by atoms with van der Waals surface area (Å²) in [5.74, 6) is 0.814. The van der Waals surface area contributed by atoms with Crippen LogP contribution in [0.4, 0.5) is 0 Å². The zero-order chi connectivity index (χ0) is 24.1. The van der Waals surface area contributed by atoms with E-state index in [2.05, 4.69) is 108 Å². The van der Waals surface area contributed by atoms with Crippen LogP contribution in [0.3, 0.4) is 0 Å². The Hall–Kier alpha value is -2.63. The lowest BCUT2D eigenvalue weighted by atomic mass is 9.86. The number of nitrogens with zero attached hydrogens (tertiary/aromatic N) is 2. The summed E-state index contributed by atoms with van der Waals surface area (Å²) in [5, 5.41) is 0. The molecule has 1 heterocycles. The van der Waals surface area contributed by atoms with Crippen molar-refractivity contribution in [2.24, 2.45) is 0 Å². The molecule has 1 saturated heterocycles. The second-order valence-corrected chi connectivity index (χ2v) is 10.7. The van der Waals surface area contributed by atoms with Gasteiger partial charge < -0.3 is 9.64 Å². The van der Waals surface area contributed by atoms with Gasteiger partial charge in [-0.2, -0.15) is 0 Å². The number of amides is 1. The molecule has 0 atom stereocenters. The number of piperazine rings is 1. The molecule has 0 bridgehead atoms. The number of carbonyl (C=O) groups is 1. The van der Waals surface area contributed by atoms with Gasteiger partial charge in [0, 0.05) is 36.2 Å². The number of rotatable bonds is 6. The Balaban J connectivity index is 1.40. The highest BCUT2D eigenvalue weighted by Crippen LogP contribution is 2.34. The number of halogens is 1. The van der Waals surface area contributed by atoms with Crippen molar-refractivity contribution in [1.29, 1.82) is 0 Å². The van der Waals surface area contributed by atoms with Crippen molar-refractivity contribution in [3.05, 3.63) is 100 Å². The van der Waals surface area contributed by atoms with Gasteiger partial charge in [-0.1, -0.05) is 97.4 Å². The van der Waals surface area contributed by atoms with Crippen LogP contribution in [0.2, 0.25) is 0 Å². The van der Waals surface area contributed by atoms with Crippen LogP contribution >= 0.6 is 15.9 Å². The minimum atomic E-state index is -0.0718. The molecule has 0 unspecified atom stereocenters. The maximum atomic E-state index is 13.0. The molecule has 0 N–H and O–H groups in total. The normalized spacial score (nSPS) is 14.9. The van der Waals surface area contributed by atoms with Crippen molar-refractivity contribution in [2.45, 2.75) is 32.2 Å². The molecule has 3 aromatic carbocycles. The van der Waals surface area contributed by atoms with Crippen molar-refractivity contribution in [2.75, 3.05) is 32.8 Å². The Morgan fingerprint density at radius 2 is 1.44 bits per heavy atom. The third kappa shape index (κ3) is 5.89. The quantitative estimate of drug-likeness (QED) is 0.396. The van der Waals surface area contributed by atoms with Crippen LogP contribution in [0.15, 0.2) is 83.3 Å². The molecular weight excluding hydrogens is 488 g/mol. The van der Waals surface area contributed by atoms with Crippen molar-refractivity contribution in [3.8, 4) is 5.75 Å². The van der Waals surface area contributed by atoms with Crippen LogP contribution in [0.5, 0.6) is 5.75 Å². The molecule has 4 nitrogen and oxygen atoms in total. The molecule has 1 aliphatic rings. The first-order chi connectivity index (χ1) is 16.3. The van der Waals surface area contributed by atoms with E-state index in [0.717, 1.165) is 28.9 Å². The molecule has 34 heavy (non-hydrogen) atoms. The Kier molecular flexibility index (Phi) is 7.74. The number of ether oxygens (including phenoxy) is 1. The fraction of sp³-hybridized carbons (Fsp3) is 0.345. The Morgan fingerprint density at radius 3 is 1.97 bits per heavy atom. The van der Waals surface area contributed by atoms with E-state index in [9.17, 15) is 4.79 Å². The van der Waals surface area contributed by atoms with Gasteiger partial charge in [-0.3, -0.25) is 9.69 Å². The number of benzene rings is 3. The summed E-state index contributed by atoms with van der Waals surface area (Å²) in [6.45, 7) is 9.56. The monoisotopic (exact) mass is 520 g/mol. The van der Waals surface area contributed by atoms with Gasteiger partial charge in [0.2, 0.25) is 0 Å². The SMILES string of the molecule is CC(C)(C)c1cc(Br)ccc1OCC(=O)N1CCN(C(c2ccccc2)c2ccccc2)CC1. The van der Waals surface area contributed by atoms with Crippen molar-refractivity contribution >= 4 is 21.8 Å². The number of hydrogen-bond acceptors (Lipinski definition) is 3. The zero-order valence-electron chi connectivity index (χ0n) is 20.2. The molecule has 0 aliphatic carbocycles. The first-order valence-electron chi connectivity index (χ1n) is 11.9. The van der Waals surface area contributed by atoms with Gasteiger partial charge in [0.25, 0.3) is 5.91 Å². The molecule has 0 saturated carbocycles. The van der Waals surface area contributed by atoms with Gasteiger partial charge in [0.05, 0.1) is 6.04 Å². The molecule has 5 heteroatoms. The zero-order valence-corrected chi connectivity index (χ0v) is 21.8. The van der Waals surface area contributed by atoms with Gasteiger partial charge in [0.15, 0.2) is 6.61 Å². The number of carbonyl (C=O) groups excluding carboxylic acids is 1. The predicted molar refractivity (Wildman–Crippen MR) is 141 cm³/mol. The first kappa shape index (κ1) is 24.5. The van der Waals surface area contributed by atoms with Crippen molar-refractivity contribution < 1.29 is 9.53 Å². The maximum absolute atomic E-state index is 13.0. The predicted octanol–water partition coefficient (Wildman–Crippen LogP) is 6.06. The fourth-order valence-electron chi connectivity index (χ4n) is 4.56. The van der Waals surface area contributed by atoms with Crippen LogP contribution in [0.1, 0.15) is 43.5 Å². The Bertz CT molecular complexity index is 1050. The standard InChI is InChI=1S/C29H33BrN2O2/c1-29(2,3)25-20-24(30)14-15-26(25)34-21-27(33)31-16-18-32(19-17-31)28(22-10-6-4-7-11-22)23-12-8-5-9-13-23/h4-15,20,28H,16-19,21H2,1-3H3. The lowest BCUT2D eigenvalue weighted by molar-refractivity contribution is -0.135. The smallest absolute Gasteiger partial charge is 0.260 e. The van der Waals surface area contributed by atoms with Crippen molar-refractivity contribution in [3.63, 3.8) is 0 Å². The van der Waals surface area contributed by atoms with E-state index in [1.54, 1.807) is 0 Å². The lowest BCUT2D eigenvalue weighted by Gasteiger charge is -2.39. The summed E-state index contributed by atoms with van der Waals surface area (Å²) >= 11 is 3.55. The molecule has 4 rings (SSSR count).